The average Bonchev–Trinajstić information content (AvgIpc) is 2.81. The lowest BCUT2D eigenvalue weighted by Gasteiger charge is -2.35. The van der Waals surface area contributed by atoms with Crippen LogP contribution in [0.25, 0.3) is 0 Å². The van der Waals surface area contributed by atoms with E-state index in [9.17, 15) is 18.0 Å². The number of hydrogen-bond acceptors (Lipinski definition) is 4. The molecular weight excluding hydrogens is 335 g/mol. The largest absolute Gasteiger partial charge is 0.405 e. The van der Waals surface area contributed by atoms with Gasteiger partial charge in [0.1, 0.15) is 6.04 Å². The summed E-state index contributed by atoms with van der Waals surface area (Å²) < 4.78 is 41.9. The molecular formula is C16H26F3N5O. The monoisotopic (exact) mass is 361 g/mol. The number of aryl methyl sites for hydroxylation is 2. The summed E-state index contributed by atoms with van der Waals surface area (Å²) in [6.45, 7) is 7.33. The van der Waals surface area contributed by atoms with Crippen LogP contribution in [-0.2, 0) is 6.54 Å². The Morgan fingerprint density at radius 3 is 2.52 bits per heavy atom. The molecule has 2 N–H and O–H groups in total. The highest BCUT2D eigenvalue weighted by Gasteiger charge is 2.44. The van der Waals surface area contributed by atoms with Crippen LogP contribution < -0.4 is 10.6 Å². The molecule has 2 rings (SSSR count). The summed E-state index contributed by atoms with van der Waals surface area (Å²) in [5.41, 5.74) is 1.59. The van der Waals surface area contributed by atoms with Crippen molar-refractivity contribution < 1.29 is 18.0 Å². The van der Waals surface area contributed by atoms with Crippen LogP contribution >= 0.6 is 0 Å². The third-order valence-electron chi connectivity index (χ3n) is 4.47. The lowest BCUT2D eigenvalue weighted by molar-refractivity contribution is -0.183. The van der Waals surface area contributed by atoms with Crippen LogP contribution in [0.2, 0.25) is 0 Å². The third-order valence-corrected chi connectivity index (χ3v) is 4.47. The van der Waals surface area contributed by atoms with E-state index in [-0.39, 0.29) is 0 Å². The molecule has 2 heterocycles. The van der Waals surface area contributed by atoms with Crippen molar-refractivity contribution in [3.8, 4) is 0 Å². The Labute approximate surface area is 145 Å². The molecule has 9 heteroatoms. The fraction of sp³-hybridized carbons (Fsp3) is 0.750. The van der Waals surface area contributed by atoms with Gasteiger partial charge in [0.05, 0.1) is 11.3 Å². The van der Waals surface area contributed by atoms with Crippen molar-refractivity contribution in [1.82, 2.24) is 25.3 Å². The Bertz CT molecular complexity index is 593. The lowest BCUT2D eigenvalue weighted by Crippen LogP contribution is -2.57. The van der Waals surface area contributed by atoms with Crippen LogP contribution in [-0.4, -0.2) is 65.5 Å². The van der Waals surface area contributed by atoms with Crippen LogP contribution in [0, 0.1) is 13.8 Å². The highest BCUT2D eigenvalue weighted by molar-refractivity contribution is 5.96. The minimum Gasteiger partial charge on any atom is -0.350 e. The molecule has 1 fully saturated rings. The van der Waals surface area contributed by atoms with Gasteiger partial charge in [-0.15, -0.1) is 0 Å². The first kappa shape index (κ1) is 19.7. The first-order chi connectivity index (χ1) is 11.8. The van der Waals surface area contributed by atoms with Crippen LogP contribution in [0.15, 0.2) is 0 Å². The summed E-state index contributed by atoms with van der Waals surface area (Å²) >= 11 is 0. The maximum atomic E-state index is 13.4. The SMILES string of the molecule is CCCn1nc(C)c(C(=O)NCC(N2CCNCC2)C(F)(F)F)c1C. The summed E-state index contributed by atoms with van der Waals surface area (Å²) in [6, 6.07) is -1.68. The van der Waals surface area contributed by atoms with E-state index >= 15 is 0 Å². The number of alkyl halides is 3. The molecule has 1 saturated heterocycles. The van der Waals surface area contributed by atoms with Gasteiger partial charge in [0.2, 0.25) is 0 Å². The molecule has 0 bridgehead atoms. The highest BCUT2D eigenvalue weighted by Crippen LogP contribution is 2.25. The molecule has 0 saturated carbocycles. The number of nitrogens with one attached hydrogen (secondary N) is 2. The second kappa shape index (κ2) is 8.18. The Hall–Kier alpha value is -1.61. The number of carbonyl (C=O) groups excluding carboxylic acids is 1. The van der Waals surface area contributed by atoms with Gasteiger partial charge in [0.15, 0.2) is 0 Å². The van der Waals surface area contributed by atoms with E-state index in [4.69, 9.17) is 0 Å². The van der Waals surface area contributed by atoms with Crippen molar-refractivity contribution in [3.05, 3.63) is 17.0 Å². The first-order valence-electron chi connectivity index (χ1n) is 8.59. The van der Waals surface area contributed by atoms with Crippen molar-refractivity contribution in [2.24, 2.45) is 0 Å². The van der Waals surface area contributed by atoms with Crippen molar-refractivity contribution >= 4 is 5.91 Å². The van der Waals surface area contributed by atoms with Gasteiger partial charge in [-0.2, -0.15) is 18.3 Å². The molecule has 6 nitrogen and oxygen atoms in total. The molecule has 1 atom stereocenters. The molecule has 1 unspecified atom stereocenters. The average molecular weight is 361 g/mol. The fourth-order valence-corrected chi connectivity index (χ4v) is 3.18. The van der Waals surface area contributed by atoms with Gasteiger partial charge >= 0.3 is 6.18 Å². The predicted molar refractivity (Wildman–Crippen MR) is 88.6 cm³/mol. The number of amides is 1. The van der Waals surface area contributed by atoms with E-state index in [1.54, 1.807) is 18.5 Å². The zero-order valence-corrected chi connectivity index (χ0v) is 14.9. The van der Waals surface area contributed by atoms with Gasteiger partial charge in [-0.25, -0.2) is 0 Å². The summed E-state index contributed by atoms with van der Waals surface area (Å²) in [7, 11) is 0. The number of halogens is 3. The Morgan fingerprint density at radius 1 is 1.32 bits per heavy atom. The van der Waals surface area contributed by atoms with Crippen LogP contribution in [0.5, 0.6) is 0 Å². The molecule has 1 aliphatic rings. The number of aromatic nitrogens is 2. The molecule has 1 aliphatic heterocycles. The minimum absolute atomic E-state index is 0.312. The third kappa shape index (κ3) is 4.72. The van der Waals surface area contributed by atoms with Gasteiger partial charge in [0, 0.05) is 45.0 Å². The summed E-state index contributed by atoms with van der Waals surface area (Å²) in [5.74, 6) is -0.498. The number of nitrogens with zero attached hydrogens (tertiary/aromatic N) is 3. The number of piperazine rings is 1. The van der Waals surface area contributed by atoms with Gasteiger partial charge in [-0.05, 0) is 20.3 Å². The smallest absolute Gasteiger partial charge is 0.350 e. The van der Waals surface area contributed by atoms with Crippen LogP contribution in [0.3, 0.4) is 0 Å². The summed E-state index contributed by atoms with van der Waals surface area (Å²) in [5, 5.41) is 9.80. The molecule has 1 aromatic rings. The summed E-state index contributed by atoms with van der Waals surface area (Å²) in [6.07, 6.45) is -3.52. The Balaban J connectivity index is 2.08. The van der Waals surface area contributed by atoms with Crippen molar-refractivity contribution in [1.29, 1.82) is 0 Å². The van der Waals surface area contributed by atoms with E-state index in [2.05, 4.69) is 15.7 Å². The van der Waals surface area contributed by atoms with E-state index < -0.39 is 24.7 Å². The van der Waals surface area contributed by atoms with Crippen LogP contribution in [0.1, 0.15) is 35.1 Å². The van der Waals surface area contributed by atoms with Gasteiger partial charge in [-0.3, -0.25) is 14.4 Å². The standard InChI is InChI=1S/C16H26F3N5O/c1-4-7-24-12(3)14(11(2)22-24)15(25)21-10-13(16(17,18)19)23-8-5-20-6-9-23/h13,20H,4-10H2,1-3H3,(H,21,25). The van der Waals surface area contributed by atoms with E-state index in [0.717, 1.165) is 6.42 Å². The Kier molecular flexibility index (Phi) is 6.45. The van der Waals surface area contributed by atoms with Gasteiger partial charge in [-0.1, -0.05) is 6.92 Å². The molecule has 0 aromatic carbocycles. The topological polar surface area (TPSA) is 62.2 Å². The van der Waals surface area contributed by atoms with Crippen molar-refractivity contribution in [2.45, 2.75) is 46.0 Å². The number of rotatable bonds is 6. The molecule has 0 aliphatic carbocycles. The summed E-state index contributed by atoms with van der Waals surface area (Å²) in [4.78, 5) is 13.8. The van der Waals surface area contributed by atoms with Crippen molar-refractivity contribution in [2.75, 3.05) is 32.7 Å². The maximum Gasteiger partial charge on any atom is 0.405 e. The number of carbonyl (C=O) groups is 1. The molecule has 1 amide bonds. The minimum atomic E-state index is -4.39. The van der Waals surface area contributed by atoms with Crippen LogP contribution in [0.4, 0.5) is 13.2 Å². The normalized spacial score (nSPS) is 17.5. The predicted octanol–water partition coefficient (Wildman–Crippen LogP) is 1.48. The molecule has 0 spiro atoms. The van der Waals surface area contributed by atoms with Crippen molar-refractivity contribution in [3.63, 3.8) is 0 Å². The molecule has 25 heavy (non-hydrogen) atoms. The molecule has 1 aromatic heterocycles. The number of hydrogen-bond donors (Lipinski definition) is 2. The zero-order chi connectivity index (χ0) is 18.6. The van der Waals surface area contributed by atoms with Gasteiger partial charge in [0.25, 0.3) is 5.91 Å². The Morgan fingerprint density at radius 2 is 1.96 bits per heavy atom. The lowest BCUT2D eigenvalue weighted by atomic mass is 10.1. The molecule has 142 valence electrons. The first-order valence-corrected chi connectivity index (χ1v) is 8.59. The van der Waals surface area contributed by atoms with E-state index in [1.807, 2.05) is 6.92 Å². The maximum absolute atomic E-state index is 13.4. The second-order valence-electron chi connectivity index (χ2n) is 6.32. The van der Waals surface area contributed by atoms with E-state index in [0.29, 0.717) is 49.7 Å². The fourth-order valence-electron chi connectivity index (χ4n) is 3.18. The van der Waals surface area contributed by atoms with Gasteiger partial charge < -0.3 is 10.6 Å². The zero-order valence-electron chi connectivity index (χ0n) is 14.9. The second-order valence-corrected chi connectivity index (χ2v) is 6.32. The van der Waals surface area contributed by atoms with E-state index in [1.165, 1.54) is 4.90 Å². The molecule has 0 radical (unpaired) electrons. The highest BCUT2D eigenvalue weighted by atomic mass is 19.4. The quantitative estimate of drug-likeness (QED) is 0.806.